The average molecular weight is 497 g/mol. The van der Waals surface area contributed by atoms with Crippen LogP contribution in [0.3, 0.4) is 0 Å². The van der Waals surface area contributed by atoms with Gasteiger partial charge in [0.05, 0.1) is 23.0 Å². The van der Waals surface area contributed by atoms with E-state index in [1.54, 1.807) is 24.1 Å². The van der Waals surface area contributed by atoms with Crippen molar-refractivity contribution in [3.63, 3.8) is 0 Å². The number of aromatic nitrogens is 3. The molecule has 5 rings (SSSR count). The number of amides is 2. The van der Waals surface area contributed by atoms with E-state index < -0.39 is 5.91 Å². The lowest BCUT2D eigenvalue weighted by Gasteiger charge is -2.36. The lowest BCUT2D eigenvalue weighted by Crippen LogP contribution is -2.49. The summed E-state index contributed by atoms with van der Waals surface area (Å²) in [5.74, 6) is 0.868. The number of primary amides is 1. The molecule has 4 aromatic rings. The van der Waals surface area contributed by atoms with Crippen molar-refractivity contribution >= 4 is 17.6 Å². The largest absolute Gasteiger partial charge is 0.436 e. The van der Waals surface area contributed by atoms with Crippen LogP contribution in [-0.2, 0) is 0 Å². The van der Waals surface area contributed by atoms with Crippen LogP contribution in [0, 0.1) is 20.8 Å². The van der Waals surface area contributed by atoms with Gasteiger partial charge in [-0.1, -0.05) is 42.0 Å². The van der Waals surface area contributed by atoms with Crippen molar-refractivity contribution in [2.45, 2.75) is 20.8 Å². The maximum Gasteiger partial charge on any atom is 0.254 e. The minimum absolute atomic E-state index is 0.105. The summed E-state index contributed by atoms with van der Waals surface area (Å²) in [4.78, 5) is 33.9. The molecule has 1 aliphatic rings. The van der Waals surface area contributed by atoms with E-state index >= 15 is 0 Å². The fourth-order valence-corrected chi connectivity index (χ4v) is 4.51. The van der Waals surface area contributed by atoms with Gasteiger partial charge in [0.2, 0.25) is 5.89 Å². The number of nitrogens with two attached hydrogens (primary N) is 1. The Kier molecular flexibility index (Phi) is 6.43. The number of piperazine rings is 1. The first-order valence-corrected chi connectivity index (χ1v) is 12.1. The first-order valence-electron chi connectivity index (χ1n) is 12.1. The molecule has 2 amide bonds. The van der Waals surface area contributed by atoms with E-state index in [4.69, 9.17) is 10.2 Å². The van der Waals surface area contributed by atoms with E-state index in [1.807, 2.05) is 61.2 Å². The number of carbonyl (C=O) groups is 2. The van der Waals surface area contributed by atoms with E-state index in [0.717, 1.165) is 16.7 Å². The Morgan fingerprint density at radius 1 is 0.919 bits per heavy atom. The van der Waals surface area contributed by atoms with Gasteiger partial charge >= 0.3 is 0 Å². The molecular weight excluding hydrogens is 468 g/mol. The van der Waals surface area contributed by atoms with Crippen LogP contribution < -0.4 is 10.6 Å². The highest BCUT2D eigenvalue weighted by atomic mass is 16.4. The molecular formula is C28H28N6O3. The van der Waals surface area contributed by atoms with Gasteiger partial charge in [0.1, 0.15) is 0 Å². The standard InChI is InChI=1S/C28H28N6O3/c1-17-8-10-20(11-9-17)23-16-30-27(37-23)21-6-4-5-7-22(21)28(36)34-14-12-33(13-15-34)26-24(25(29)35)18(2)19(3)31-32-26/h4-11,16H,12-15H2,1-3H3,(H2,29,35). The Hall–Kier alpha value is -4.53. The van der Waals surface area contributed by atoms with Gasteiger partial charge in [-0.25, -0.2) is 4.98 Å². The number of hydrogen-bond acceptors (Lipinski definition) is 7. The van der Waals surface area contributed by atoms with Crippen molar-refractivity contribution in [2.75, 3.05) is 31.1 Å². The highest BCUT2D eigenvalue weighted by Crippen LogP contribution is 2.30. The molecule has 0 unspecified atom stereocenters. The van der Waals surface area contributed by atoms with Crippen molar-refractivity contribution in [3.8, 4) is 22.8 Å². The van der Waals surface area contributed by atoms with Crippen molar-refractivity contribution in [1.82, 2.24) is 20.1 Å². The number of oxazole rings is 1. The van der Waals surface area contributed by atoms with E-state index in [0.29, 0.717) is 66.0 Å². The van der Waals surface area contributed by atoms with E-state index in [2.05, 4.69) is 15.2 Å². The minimum Gasteiger partial charge on any atom is -0.436 e. The van der Waals surface area contributed by atoms with Crippen LogP contribution in [0.1, 0.15) is 37.5 Å². The molecule has 2 N–H and O–H groups in total. The summed E-state index contributed by atoms with van der Waals surface area (Å²) in [6.45, 7) is 7.56. The maximum absolute atomic E-state index is 13.6. The van der Waals surface area contributed by atoms with E-state index in [-0.39, 0.29) is 5.91 Å². The van der Waals surface area contributed by atoms with Crippen LogP contribution >= 0.6 is 0 Å². The number of carbonyl (C=O) groups excluding carboxylic acids is 2. The quantitative estimate of drug-likeness (QED) is 0.447. The molecule has 1 aliphatic heterocycles. The summed E-state index contributed by atoms with van der Waals surface area (Å²) >= 11 is 0. The van der Waals surface area contributed by atoms with Crippen LogP contribution in [0.15, 0.2) is 59.1 Å². The lowest BCUT2D eigenvalue weighted by molar-refractivity contribution is 0.0746. The van der Waals surface area contributed by atoms with Gasteiger partial charge in [-0.3, -0.25) is 9.59 Å². The van der Waals surface area contributed by atoms with Gasteiger partial charge < -0.3 is 20.0 Å². The molecule has 1 fully saturated rings. The van der Waals surface area contributed by atoms with Crippen molar-refractivity contribution in [2.24, 2.45) is 5.73 Å². The molecule has 188 valence electrons. The number of benzene rings is 2. The fourth-order valence-electron chi connectivity index (χ4n) is 4.51. The molecule has 2 aromatic carbocycles. The highest BCUT2D eigenvalue weighted by Gasteiger charge is 2.28. The van der Waals surface area contributed by atoms with Crippen LogP contribution in [0.2, 0.25) is 0 Å². The Labute approximate surface area is 214 Å². The lowest BCUT2D eigenvalue weighted by atomic mass is 10.1. The van der Waals surface area contributed by atoms with Crippen LogP contribution in [0.25, 0.3) is 22.8 Å². The molecule has 0 radical (unpaired) electrons. The Morgan fingerprint density at radius 2 is 1.62 bits per heavy atom. The fraction of sp³-hybridized carbons (Fsp3) is 0.250. The zero-order valence-electron chi connectivity index (χ0n) is 21.1. The minimum atomic E-state index is -0.533. The molecule has 0 saturated carbocycles. The molecule has 2 aromatic heterocycles. The Morgan fingerprint density at radius 3 is 2.32 bits per heavy atom. The molecule has 0 aliphatic carbocycles. The normalized spacial score (nSPS) is 13.6. The van der Waals surface area contributed by atoms with Crippen LogP contribution in [-0.4, -0.2) is 58.1 Å². The van der Waals surface area contributed by atoms with Gasteiger partial charge in [0.25, 0.3) is 11.8 Å². The van der Waals surface area contributed by atoms with Gasteiger partial charge in [-0.05, 0) is 38.5 Å². The Balaban J connectivity index is 1.35. The van der Waals surface area contributed by atoms with E-state index in [1.165, 1.54) is 0 Å². The molecule has 3 heterocycles. The average Bonchev–Trinajstić information content (AvgIpc) is 3.40. The first-order chi connectivity index (χ1) is 17.8. The molecule has 0 bridgehead atoms. The number of hydrogen-bond donors (Lipinski definition) is 1. The summed E-state index contributed by atoms with van der Waals surface area (Å²) in [7, 11) is 0. The SMILES string of the molecule is Cc1ccc(-c2cnc(-c3ccccc3C(=O)N3CCN(c4nnc(C)c(C)c4C(N)=O)CC3)o2)cc1. The molecule has 9 heteroatoms. The van der Waals surface area contributed by atoms with Crippen molar-refractivity contribution in [3.05, 3.63) is 82.7 Å². The molecule has 37 heavy (non-hydrogen) atoms. The second-order valence-corrected chi connectivity index (χ2v) is 9.19. The summed E-state index contributed by atoms with van der Waals surface area (Å²) < 4.78 is 6.06. The topological polar surface area (TPSA) is 118 Å². The number of anilines is 1. The predicted octanol–water partition coefficient (Wildman–Crippen LogP) is 3.79. The van der Waals surface area contributed by atoms with E-state index in [9.17, 15) is 9.59 Å². The van der Waals surface area contributed by atoms with Crippen LogP contribution in [0.5, 0.6) is 0 Å². The smallest absolute Gasteiger partial charge is 0.254 e. The first kappa shape index (κ1) is 24.2. The zero-order valence-corrected chi connectivity index (χ0v) is 21.1. The molecule has 1 saturated heterocycles. The summed E-state index contributed by atoms with van der Waals surface area (Å²) in [5, 5.41) is 8.42. The van der Waals surface area contributed by atoms with Gasteiger partial charge in [-0.2, -0.15) is 5.10 Å². The summed E-state index contributed by atoms with van der Waals surface area (Å²) in [6, 6.07) is 15.3. The third-order valence-corrected chi connectivity index (χ3v) is 6.78. The second kappa shape index (κ2) is 9.85. The van der Waals surface area contributed by atoms with Crippen molar-refractivity contribution < 1.29 is 14.0 Å². The van der Waals surface area contributed by atoms with Gasteiger partial charge in [0.15, 0.2) is 11.6 Å². The zero-order chi connectivity index (χ0) is 26.1. The number of rotatable bonds is 5. The third kappa shape index (κ3) is 4.67. The monoisotopic (exact) mass is 496 g/mol. The van der Waals surface area contributed by atoms with Gasteiger partial charge in [0, 0.05) is 37.3 Å². The molecule has 9 nitrogen and oxygen atoms in total. The number of aryl methyl sites for hydroxylation is 2. The highest BCUT2D eigenvalue weighted by molar-refractivity contribution is 6.01. The maximum atomic E-state index is 13.6. The van der Waals surface area contributed by atoms with Gasteiger partial charge in [-0.15, -0.1) is 5.10 Å². The Bertz CT molecular complexity index is 1470. The van der Waals surface area contributed by atoms with Crippen molar-refractivity contribution in [1.29, 1.82) is 0 Å². The van der Waals surface area contributed by atoms with Crippen LogP contribution in [0.4, 0.5) is 5.82 Å². The second-order valence-electron chi connectivity index (χ2n) is 9.19. The molecule has 0 spiro atoms. The predicted molar refractivity (Wildman–Crippen MR) is 140 cm³/mol. The summed E-state index contributed by atoms with van der Waals surface area (Å²) in [5.41, 5.74) is 10.7. The number of nitrogens with zero attached hydrogens (tertiary/aromatic N) is 5. The summed E-state index contributed by atoms with van der Waals surface area (Å²) in [6.07, 6.45) is 1.68. The molecule has 0 atom stereocenters. The third-order valence-electron chi connectivity index (χ3n) is 6.78.